The second kappa shape index (κ2) is 4.28. The molecule has 0 saturated heterocycles. The second-order valence-electron chi connectivity index (χ2n) is 3.61. The minimum atomic E-state index is 0.0152. The Bertz CT molecular complexity index is 240. The maximum atomic E-state index is 5.70. The van der Waals surface area contributed by atoms with E-state index in [-0.39, 0.29) is 5.54 Å². The fourth-order valence-corrected chi connectivity index (χ4v) is 1.15. The van der Waals surface area contributed by atoms with Gasteiger partial charge in [-0.15, -0.1) is 0 Å². The van der Waals surface area contributed by atoms with Gasteiger partial charge < -0.3 is 11.1 Å². The SMILES string of the molecule is CCC(C)(CN)Nc1ccccc1. The Morgan fingerprint density at radius 3 is 2.38 bits per heavy atom. The zero-order valence-corrected chi connectivity index (χ0v) is 8.38. The van der Waals surface area contributed by atoms with Crippen molar-refractivity contribution in [2.45, 2.75) is 25.8 Å². The van der Waals surface area contributed by atoms with Crippen LogP contribution in [0.15, 0.2) is 30.3 Å². The van der Waals surface area contributed by atoms with Crippen LogP contribution < -0.4 is 11.1 Å². The van der Waals surface area contributed by atoms with Gasteiger partial charge in [-0.05, 0) is 25.5 Å². The molecular weight excluding hydrogens is 160 g/mol. The molecule has 0 aromatic heterocycles. The number of para-hydroxylation sites is 1. The predicted molar refractivity (Wildman–Crippen MR) is 57.8 cm³/mol. The van der Waals surface area contributed by atoms with E-state index in [2.05, 4.69) is 31.3 Å². The lowest BCUT2D eigenvalue weighted by molar-refractivity contribution is 0.506. The molecule has 13 heavy (non-hydrogen) atoms. The molecule has 1 rings (SSSR count). The number of hydrogen-bond acceptors (Lipinski definition) is 2. The molecule has 2 nitrogen and oxygen atoms in total. The van der Waals surface area contributed by atoms with E-state index in [1.807, 2.05) is 18.2 Å². The van der Waals surface area contributed by atoms with Crippen molar-refractivity contribution in [3.05, 3.63) is 30.3 Å². The first-order valence-electron chi connectivity index (χ1n) is 4.73. The van der Waals surface area contributed by atoms with E-state index in [0.717, 1.165) is 12.1 Å². The quantitative estimate of drug-likeness (QED) is 0.742. The van der Waals surface area contributed by atoms with E-state index in [1.165, 1.54) is 0 Å². The Hall–Kier alpha value is -1.02. The highest BCUT2D eigenvalue weighted by Crippen LogP contribution is 2.16. The molecular formula is C11H18N2. The molecule has 1 unspecified atom stereocenters. The maximum Gasteiger partial charge on any atom is 0.0465 e. The maximum absolute atomic E-state index is 5.70. The summed E-state index contributed by atoms with van der Waals surface area (Å²) in [7, 11) is 0. The van der Waals surface area contributed by atoms with Gasteiger partial charge in [0, 0.05) is 17.8 Å². The summed E-state index contributed by atoms with van der Waals surface area (Å²) in [5.74, 6) is 0. The van der Waals surface area contributed by atoms with Gasteiger partial charge in [-0.3, -0.25) is 0 Å². The summed E-state index contributed by atoms with van der Waals surface area (Å²) in [4.78, 5) is 0. The van der Waals surface area contributed by atoms with Crippen LogP contribution in [0.5, 0.6) is 0 Å². The van der Waals surface area contributed by atoms with Gasteiger partial charge in [0.25, 0.3) is 0 Å². The number of benzene rings is 1. The van der Waals surface area contributed by atoms with Crippen molar-refractivity contribution < 1.29 is 0 Å². The molecule has 0 spiro atoms. The molecule has 0 aliphatic rings. The van der Waals surface area contributed by atoms with Gasteiger partial charge in [-0.2, -0.15) is 0 Å². The standard InChI is InChI=1S/C11H18N2/c1-3-11(2,9-12)13-10-7-5-4-6-8-10/h4-8,13H,3,9,12H2,1-2H3. The first-order valence-corrected chi connectivity index (χ1v) is 4.73. The molecule has 72 valence electrons. The smallest absolute Gasteiger partial charge is 0.0465 e. The molecule has 3 N–H and O–H groups in total. The third-order valence-electron chi connectivity index (χ3n) is 2.45. The van der Waals surface area contributed by atoms with Crippen LogP contribution in [0.2, 0.25) is 0 Å². The Labute approximate surface area is 80.1 Å². The second-order valence-corrected chi connectivity index (χ2v) is 3.61. The molecule has 0 radical (unpaired) electrons. The topological polar surface area (TPSA) is 38.0 Å². The molecule has 0 heterocycles. The van der Waals surface area contributed by atoms with Crippen LogP contribution in [0.1, 0.15) is 20.3 Å². The molecule has 0 saturated carbocycles. The summed E-state index contributed by atoms with van der Waals surface area (Å²) in [6.07, 6.45) is 1.03. The Balaban J connectivity index is 2.68. The van der Waals surface area contributed by atoms with E-state index < -0.39 is 0 Å². The van der Waals surface area contributed by atoms with Gasteiger partial charge in [0.2, 0.25) is 0 Å². The van der Waals surface area contributed by atoms with E-state index in [0.29, 0.717) is 6.54 Å². The number of hydrogen-bond donors (Lipinski definition) is 2. The van der Waals surface area contributed by atoms with Gasteiger partial charge in [0.1, 0.15) is 0 Å². The van der Waals surface area contributed by atoms with E-state index in [4.69, 9.17) is 5.73 Å². The van der Waals surface area contributed by atoms with Crippen LogP contribution in [-0.4, -0.2) is 12.1 Å². The van der Waals surface area contributed by atoms with Crippen molar-refractivity contribution in [1.29, 1.82) is 0 Å². The zero-order chi connectivity index (χ0) is 9.73. The number of anilines is 1. The summed E-state index contributed by atoms with van der Waals surface area (Å²) in [6, 6.07) is 10.2. The summed E-state index contributed by atoms with van der Waals surface area (Å²) in [5.41, 5.74) is 6.85. The van der Waals surface area contributed by atoms with Gasteiger partial charge in [0.15, 0.2) is 0 Å². The molecule has 1 aromatic rings. The fraction of sp³-hybridized carbons (Fsp3) is 0.455. The Morgan fingerprint density at radius 1 is 1.31 bits per heavy atom. The largest absolute Gasteiger partial charge is 0.379 e. The highest BCUT2D eigenvalue weighted by molar-refractivity contribution is 5.45. The van der Waals surface area contributed by atoms with Crippen molar-refractivity contribution in [1.82, 2.24) is 0 Å². The lowest BCUT2D eigenvalue weighted by atomic mass is 9.99. The van der Waals surface area contributed by atoms with Crippen LogP contribution in [0.3, 0.4) is 0 Å². The molecule has 0 aliphatic heterocycles. The van der Waals surface area contributed by atoms with Crippen LogP contribution >= 0.6 is 0 Å². The van der Waals surface area contributed by atoms with Crippen molar-refractivity contribution >= 4 is 5.69 Å². The van der Waals surface area contributed by atoms with E-state index >= 15 is 0 Å². The summed E-state index contributed by atoms with van der Waals surface area (Å²) in [5, 5.41) is 3.43. The summed E-state index contributed by atoms with van der Waals surface area (Å²) in [6.45, 7) is 4.93. The summed E-state index contributed by atoms with van der Waals surface area (Å²) < 4.78 is 0. The van der Waals surface area contributed by atoms with Gasteiger partial charge in [-0.25, -0.2) is 0 Å². The van der Waals surface area contributed by atoms with Crippen molar-refractivity contribution in [2.75, 3.05) is 11.9 Å². The first-order chi connectivity index (χ1) is 6.20. The average Bonchev–Trinajstić information content (AvgIpc) is 2.19. The minimum Gasteiger partial charge on any atom is -0.379 e. The normalized spacial score (nSPS) is 15.0. The summed E-state index contributed by atoms with van der Waals surface area (Å²) >= 11 is 0. The molecule has 0 aliphatic carbocycles. The van der Waals surface area contributed by atoms with Crippen LogP contribution in [0.4, 0.5) is 5.69 Å². The predicted octanol–water partition coefficient (Wildman–Crippen LogP) is 2.23. The average molecular weight is 178 g/mol. The lowest BCUT2D eigenvalue weighted by Gasteiger charge is -2.29. The van der Waals surface area contributed by atoms with Crippen molar-refractivity contribution in [3.8, 4) is 0 Å². The zero-order valence-electron chi connectivity index (χ0n) is 8.38. The molecule has 0 amide bonds. The van der Waals surface area contributed by atoms with Crippen LogP contribution in [0, 0.1) is 0 Å². The fourth-order valence-electron chi connectivity index (χ4n) is 1.15. The third kappa shape index (κ3) is 2.74. The van der Waals surface area contributed by atoms with Gasteiger partial charge in [0.05, 0.1) is 0 Å². The van der Waals surface area contributed by atoms with Crippen molar-refractivity contribution in [3.63, 3.8) is 0 Å². The number of nitrogens with two attached hydrogens (primary N) is 1. The monoisotopic (exact) mass is 178 g/mol. The first kappa shape index (κ1) is 10.1. The Kier molecular flexibility index (Phi) is 3.32. The van der Waals surface area contributed by atoms with Gasteiger partial charge in [-0.1, -0.05) is 25.1 Å². The lowest BCUT2D eigenvalue weighted by Crippen LogP contribution is -2.41. The Morgan fingerprint density at radius 2 is 1.92 bits per heavy atom. The van der Waals surface area contributed by atoms with Crippen LogP contribution in [-0.2, 0) is 0 Å². The highest BCUT2D eigenvalue weighted by Gasteiger charge is 2.18. The molecule has 0 fully saturated rings. The molecule has 2 heteroatoms. The minimum absolute atomic E-state index is 0.0152. The highest BCUT2D eigenvalue weighted by atomic mass is 15.0. The van der Waals surface area contributed by atoms with Crippen molar-refractivity contribution in [2.24, 2.45) is 5.73 Å². The number of rotatable bonds is 4. The third-order valence-corrected chi connectivity index (χ3v) is 2.45. The molecule has 0 bridgehead atoms. The molecule has 1 aromatic carbocycles. The van der Waals surface area contributed by atoms with Crippen LogP contribution in [0.25, 0.3) is 0 Å². The van der Waals surface area contributed by atoms with E-state index in [1.54, 1.807) is 0 Å². The molecule has 1 atom stereocenters. The van der Waals surface area contributed by atoms with E-state index in [9.17, 15) is 0 Å². The van der Waals surface area contributed by atoms with Gasteiger partial charge >= 0.3 is 0 Å². The number of nitrogens with one attached hydrogen (secondary N) is 1.